The fourth-order valence-electron chi connectivity index (χ4n) is 4.07. The van der Waals surface area contributed by atoms with E-state index in [0.717, 1.165) is 23.5 Å². The van der Waals surface area contributed by atoms with Crippen molar-refractivity contribution >= 4 is 0 Å². The van der Waals surface area contributed by atoms with E-state index in [4.69, 9.17) is 0 Å². The molecule has 1 aromatic rings. The van der Waals surface area contributed by atoms with Gasteiger partial charge in [-0.05, 0) is 66.2 Å². The van der Waals surface area contributed by atoms with E-state index in [1.54, 1.807) is 12.1 Å². The Hall–Kier alpha value is -1.70. The number of benzene rings is 1. The average molecular weight is 284 g/mol. The molecule has 2 N–H and O–H groups in total. The van der Waals surface area contributed by atoms with Crippen molar-refractivity contribution in [2.45, 2.75) is 39.5 Å². The summed E-state index contributed by atoms with van der Waals surface area (Å²) in [5.74, 6) is 1.44. The molecule has 3 aliphatic rings. The second-order valence-electron chi connectivity index (χ2n) is 7.10. The van der Waals surface area contributed by atoms with Gasteiger partial charge in [-0.3, -0.25) is 0 Å². The highest BCUT2D eigenvalue weighted by molar-refractivity contribution is 5.48. The second-order valence-corrected chi connectivity index (χ2v) is 7.10. The maximum Gasteiger partial charge on any atom is 0.157 e. The Balaban J connectivity index is 1.90. The first kappa shape index (κ1) is 14.2. The average Bonchev–Trinajstić information content (AvgIpc) is 2.44. The normalized spacial score (nSPS) is 25.9. The Morgan fingerprint density at radius 1 is 1.24 bits per heavy atom. The molecule has 4 rings (SSSR count). The Kier molecular flexibility index (Phi) is 3.35. The van der Waals surface area contributed by atoms with Crippen molar-refractivity contribution < 1.29 is 10.2 Å². The molecular weight excluding hydrogens is 260 g/mol. The number of phenolic OH excluding ortho intramolecular Hbond substituents is 2. The molecule has 3 aliphatic carbocycles. The van der Waals surface area contributed by atoms with Crippen molar-refractivity contribution in [1.82, 2.24) is 0 Å². The Bertz CT molecular complexity index is 610. The maximum absolute atomic E-state index is 9.81. The van der Waals surface area contributed by atoms with E-state index in [1.807, 2.05) is 6.08 Å². The third-order valence-electron chi connectivity index (χ3n) is 5.64. The zero-order chi connectivity index (χ0) is 15.2. The number of hydrogen-bond donors (Lipinski definition) is 2. The summed E-state index contributed by atoms with van der Waals surface area (Å²) in [5.41, 5.74) is 4.08. The van der Waals surface area contributed by atoms with Crippen LogP contribution >= 0.6 is 0 Å². The molecule has 2 heteroatoms. The van der Waals surface area contributed by atoms with Crippen LogP contribution in [0.5, 0.6) is 11.5 Å². The van der Waals surface area contributed by atoms with Crippen LogP contribution in [-0.4, -0.2) is 10.2 Å². The summed E-state index contributed by atoms with van der Waals surface area (Å²) >= 11 is 0. The first-order valence-corrected chi connectivity index (χ1v) is 7.77. The molecule has 0 unspecified atom stereocenters. The highest BCUT2D eigenvalue weighted by Crippen LogP contribution is 2.59. The van der Waals surface area contributed by atoms with Crippen molar-refractivity contribution in [3.63, 3.8) is 0 Å². The van der Waals surface area contributed by atoms with Crippen LogP contribution in [0, 0.1) is 17.3 Å². The van der Waals surface area contributed by atoms with E-state index in [2.05, 4.69) is 26.5 Å². The van der Waals surface area contributed by atoms with Crippen molar-refractivity contribution in [2.24, 2.45) is 17.3 Å². The molecule has 0 spiro atoms. The largest absolute Gasteiger partial charge is 0.504 e. The van der Waals surface area contributed by atoms with Gasteiger partial charge in [0.1, 0.15) is 0 Å². The Labute approximate surface area is 126 Å². The lowest BCUT2D eigenvalue weighted by atomic mass is 9.48. The first-order valence-electron chi connectivity index (χ1n) is 7.77. The highest BCUT2D eigenvalue weighted by atomic mass is 16.3. The molecule has 21 heavy (non-hydrogen) atoms. The standard InChI is InChI=1S/C19H24O2/c1-4-5-12-9-17(20)18(21)10-14(12)8-13-6-7-15-11-16(13)19(15,2)3/h4,6,9-10,15-16,20-21H,1,5,7-8,11H2,2-3H3/t15-,16-/m0/s1. The van der Waals surface area contributed by atoms with Crippen molar-refractivity contribution in [3.05, 3.63) is 47.6 Å². The monoisotopic (exact) mass is 284 g/mol. The zero-order valence-electron chi connectivity index (χ0n) is 12.9. The van der Waals surface area contributed by atoms with Crippen LogP contribution in [0.15, 0.2) is 36.4 Å². The van der Waals surface area contributed by atoms with E-state index in [0.29, 0.717) is 17.8 Å². The van der Waals surface area contributed by atoms with Gasteiger partial charge in [-0.1, -0.05) is 31.6 Å². The molecule has 0 aliphatic heterocycles. The van der Waals surface area contributed by atoms with Crippen LogP contribution in [0.3, 0.4) is 0 Å². The van der Waals surface area contributed by atoms with Gasteiger partial charge in [-0.25, -0.2) is 0 Å². The topological polar surface area (TPSA) is 40.5 Å². The van der Waals surface area contributed by atoms with Gasteiger partial charge < -0.3 is 10.2 Å². The molecule has 1 saturated carbocycles. The molecule has 1 fully saturated rings. The van der Waals surface area contributed by atoms with Gasteiger partial charge >= 0.3 is 0 Å². The summed E-state index contributed by atoms with van der Waals surface area (Å²) in [6.45, 7) is 8.53. The number of aromatic hydroxyl groups is 2. The lowest BCUT2D eigenvalue weighted by Gasteiger charge is -2.56. The summed E-state index contributed by atoms with van der Waals surface area (Å²) in [7, 11) is 0. The van der Waals surface area contributed by atoms with Crippen LogP contribution < -0.4 is 0 Å². The number of phenols is 2. The fourth-order valence-corrected chi connectivity index (χ4v) is 4.07. The third kappa shape index (κ3) is 2.27. The molecule has 2 bridgehead atoms. The van der Waals surface area contributed by atoms with Gasteiger partial charge in [0.15, 0.2) is 11.5 Å². The Morgan fingerprint density at radius 2 is 1.90 bits per heavy atom. The highest BCUT2D eigenvalue weighted by Gasteiger charge is 2.50. The summed E-state index contributed by atoms with van der Waals surface area (Å²) in [5, 5.41) is 19.5. The van der Waals surface area contributed by atoms with Gasteiger partial charge in [0.05, 0.1) is 0 Å². The van der Waals surface area contributed by atoms with Gasteiger partial charge in [-0.2, -0.15) is 0 Å². The second kappa shape index (κ2) is 4.94. The van der Waals surface area contributed by atoms with E-state index in [-0.39, 0.29) is 11.5 Å². The summed E-state index contributed by atoms with van der Waals surface area (Å²) in [6.07, 6.45) is 8.31. The van der Waals surface area contributed by atoms with Gasteiger partial charge in [0, 0.05) is 0 Å². The van der Waals surface area contributed by atoms with E-state index in [1.165, 1.54) is 18.4 Å². The third-order valence-corrected chi connectivity index (χ3v) is 5.64. The number of allylic oxidation sites excluding steroid dienone is 3. The molecular formula is C19H24O2. The predicted octanol–water partition coefficient (Wildman–Crippen LogP) is 4.36. The Morgan fingerprint density at radius 3 is 2.48 bits per heavy atom. The van der Waals surface area contributed by atoms with Gasteiger partial charge in [0.25, 0.3) is 0 Å². The molecule has 0 amide bonds. The van der Waals surface area contributed by atoms with Crippen molar-refractivity contribution in [1.29, 1.82) is 0 Å². The summed E-state index contributed by atoms with van der Waals surface area (Å²) in [6, 6.07) is 3.39. The van der Waals surface area contributed by atoms with Crippen LogP contribution in [0.1, 0.15) is 37.8 Å². The van der Waals surface area contributed by atoms with E-state index < -0.39 is 0 Å². The molecule has 0 aromatic heterocycles. The van der Waals surface area contributed by atoms with Crippen molar-refractivity contribution in [2.75, 3.05) is 0 Å². The molecule has 1 aromatic carbocycles. The van der Waals surface area contributed by atoms with Crippen LogP contribution in [0.25, 0.3) is 0 Å². The molecule has 2 atom stereocenters. The number of fused-ring (bicyclic) bond motifs is 1. The van der Waals surface area contributed by atoms with Gasteiger partial charge in [-0.15, -0.1) is 6.58 Å². The lowest BCUT2D eigenvalue weighted by Crippen LogP contribution is -2.48. The van der Waals surface area contributed by atoms with E-state index >= 15 is 0 Å². The van der Waals surface area contributed by atoms with E-state index in [9.17, 15) is 10.2 Å². The number of rotatable bonds is 4. The smallest absolute Gasteiger partial charge is 0.157 e. The number of hydrogen-bond acceptors (Lipinski definition) is 2. The minimum atomic E-state index is -0.0442. The van der Waals surface area contributed by atoms with Crippen LogP contribution in [0.4, 0.5) is 0 Å². The minimum Gasteiger partial charge on any atom is -0.504 e. The molecule has 0 radical (unpaired) electrons. The predicted molar refractivity (Wildman–Crippen MR) is 85.5 cm³/mol. The summed E-state index contributed by atoms with van der Waals surface area (Å²) < 4.78 is 0. The van der Waals surface area contributed by atoms with Gasteiger partial charge in [0.2, 0.25) is 0 Å². The lowest BCUT2D eigenvalue weighted by molar-refractivity contribution is -0.00744. The molecule has 2 nitrogen and oxygen atoms in total. The fraction of sp³-hybridized carbons (Fsp3) is 0.474. The molecule has 0 saturated heterocycles. The first-order chi connectivity index (χ1) is 9.93. The summed E-state index contributed by atoms with van der Waals surface area (Å²) in [4.78, 5) is 0. The minimum absolute atomic E-state index is 0.0278. The van der Waals surface area contributed by atoms with Crippen LogP contribution in [-0.2, 0) is 12.8 Å². The molecule has 112 valence electrons. The van der Waals surface area contributed by atoms with Crippen LogP contribution in [0.2, 0.25) is 0 Å². The zero-order valence-corrected chi connectivity index (χ0v) is 12.9. The van der Waals surface area contributed by atoms with Crippen molar-refractivity contribution in [3.8, 4) is 11.5 Å². The SMILES string of the molecule is C=CCc1cc(O)c(O)cc1CC1=CC[C@H]2C[C@@H]1C2(C)C. The maximum atomic E-state index is 9.81. The molecule has 0 heterocycles. The quantitative estimate of drug-likeness (QED) is 0.637.